The fourth-order valence-corrected chi connectivity index (χ4v) is 2.49. The summed E-state index contributed by atoms with van der Waals surface area (Å²) >= 11 is 0. The van der Waals surface area contributed by atoms with Gasteiger partial charge >= 0.3 is 0 Å². The molecule has 1 amide bonds. The predicted octanol–water partition coefficient (Wildman–Crippen LogP) is 3.47. The van der Waals surface area contributed by atoms with Crippen LogP contribution >= 0.6 is 0 Å². The Morgan fingerprint density at radius 2 is 2.04 bits per heavy atom. The molecule has 0 aromatic heterocycles. The lowest BCUT2D eigenvalue weighted by molar-refractivity contribution is 0.0755. The lowest BCUT2D eigenvalue weighted by Gasteiger charge is -2.27. The second kappa shape index (κ2) is 7.08. The van der Waals surface area contributed by atoms with Gasteiger partial charge in [-0.05, 0) is 37.3 Å². The average molecular weight is 325 g/mol. The fourth-order valence-electron chi connectivity index (χ4n) is 2.49. The highest BCUT2D eigenvalue weighted by Crippen LogP contribution is 2.34. The van der Waals surface area contributed by atoms with Crippen molar-refractivity contribution in [3.05, 3.63) is 66.2 Å². The van der Waals surface area contributed by atoms with Crippen molar-refractivity contribution in [1.29, 1.82) is 0 Å². The van der Waals surface area contributed by atoms with E-state index in [0.29, 0.717) is 36.0 Å². The molecule has 2 aromatic carbocycles. The summed E-state index contributed by atoms with van der Waals surface area (Å²) in [5, 5.41) is 2.85. The number of amides is 1. The highest BCUT2D eigenvalue weighted by atomic mass is 16.5. The van der Waals surface area contributed by atoms with Gasteiger partial charge in [0.1, 0.15) is 12.4 Å². The largest absolute Gasteiger partial charge is 0.490 e. The zero-order valence-electron chi connectivity index (χ0n) is 13.5. The van der Waals surface area contributed by atoms with Gasteiger partial charge in [0.15, 0.2) is 17.7 Å². The van der Waals surface area contributed by atoms with E-state index in [1.54, 1.807) is 30.3 Å². The fraction of sp³-hybridized carbons (Fsp3) is 0.211. The van der Waals surface area contributed by atoms with Gasteiger partial charge in [-0.3, -0.25) is 4.79 Å². The molecule has 124 valence electrons. The minimum absolute atomic E-state index is 0.160. The average Bonchev–Trinajstić information content (AvgIpc) is 2.61. The molecule has 1 atom stereocenters. The minimum Gasteiger partial charge on any atom is -0.490 e. The zero-order valence-corrected chi connectivity index (χ0v) is 13.5. The van der Waals surface area contributed by atoms with Gasteiger partial charge in [-0.25, -0.2) is 0 Å². The summed E-state index contributed by atoms with van der Waals surface area (Å²) in [6.07, 6.45) is 1.10. The van der Waals surface area contributed by atoms with Crippen molar-refractivity contribution >= 4 is 5.91 Å². The third kappa shape index (κ3) is 3.20. The summed E-state index contributed by atoms with van der Waals surface area (Å²) in [6.45, 7) is 6.44. The molecule has 1 aliphatic rings. The van der Waals surface area contributed by atoms with E-state index >= 15 is 0 Å². The molecule has 5 nitrogen and oxygen atoms in total. The van der Waals surface area contributed by atoms with Gasteiger partial charge in [0.05, 0.1) is 12.2 Å². The highest BCUT2D eigenvalue weighted by Gasteiger charge is 2.26. The van der Waals surface area contributed by atoms with Crippen LogP contribution in [0.25, 0.3) is 0 Å². The van der Waals surface area contributed by atoms with E-state index in [1.165, 1.54) is 0 Å². The van der Waals surface area contributed by atoms with Crippen LogP contribution in [-0.4, -0.2) is 19.1 Å². The molecule has 0 aliphatic carbocycles. The van der Waals surface area contributed by atoms with E-state index < -0.39 is 6.23 Å². The normalized spacial score (nSPS) is 15.7. The van der Waals surface area contributed by atoms with Crippen molar-refractivity contribution in [3.8, 4) is 17.2 Å². The maximum Gasteiger partial charge on any atom is 0.258 e. The quantitative estimate of drug-likeness (QED) is 0.826. The molecular weight excluding hydrogens is 306 g/mol. The van der Waals surface area contributed by atoms with Crippen LogP contribution in [0, 0.1) is 0 Å². The number of hydrogen-bond acceptors (Lipinski definition) is 4. The summed E-state index contributed by atoms with van der Waals surface area (Å²) in [5.74, 6) is 1.64. The summed E-state index contributed by atoms with van der Waals surface area (Å²) < 4.78 is 17.1. The zero-order chi connectivity index (χ0) is 16.9. The molecule has 1 heterocycles. The molecule has 1 N–H and O–H groups in total. The van der Waals surface area contributed by atoms with Crippen molar-refractivity contribution in [2.24, 2.45) is 0 Å². The second-order valence-electron chi connectivity index (χ2n) is 5.21. The van der Waals surface area contributed by atoms with Crippen LogP contribution in [0.1, 0.15) is 29.1 Å². The van der Waals surface area contributed by atoms with Crippen LogP contribution in [0.2, 0.25) is 0 Å². The number of carbonyl (C=O) groups excluding carboxylic acids is 1. The van der Waals surface area contributed by atoms with Crippen LogP contribution in [0.5, 0.6) is 17.2 Å². The predicted molar refractivity (Wildman–Crippen MR) is 90.6 cm³/mol. The first kappa shape index (κ1) is 15.9. The summed E-state index contributed by atoms with van der Waals surface area (Å²) in [4.78, 5) is 12.2. The molecular formula is C19H19NO4. The molecule has 3 rings (SSSR count). The number of rotatable bonds is 6. The van der Waals surface area contributed by atoms with Crippen molar-refractivity contribution in [2.75, 3.05) is 13.2 Å². The van der Waals surface area contributed by atoms with Crippen LogP contribution < -0.4 is 19.5 Å². The third-order valence-electron chi connectivity index (χ3n) is 3.57. The molecule has 5 heteroatoms. The summed E-state index contributed by atoms with van der Waals surface area (Å²) in [5.41, 5.74) is 1.32. The van der Waals surface area contributed by atoms with Gasteiger partial charge in [0, 0.05) is 5.56 Å². The Labute approximate surface area is 140 Å². The molecule has 0 radical (unpaired) electrons. The number of hydrogen-bond donors (Lipinski definition) is 1. The Morgan fingerprint density at radius 1 is 1.21 bits per heavy atom. The second-order valence-corrected chi connectivity index (χ2v) is 5.21. The monoisotopic (exact) mass is 325 g/mol. The molecule has 24 heavy (non-hydrogen) atoms. The number of nitrogens with one attached hydrogen (secondary N) is 1. The molecule has 0 bridgehead atoms. The topological polar surface area (TPSA) is 56.8 Å². The van der Waals surface area contributed by atoms with Crippen LogP contribution in [0.4, 0.5) is 0 Å². The first-order valence-electron chi connectivity index (χ1n) is 7.80. The van der Waals surface area contributed by atoms with Gasteiger partial charge < -0.3 is 19.5 Å². The Bertz CT molecular complexity index is 757. The van der Waals surface area contributed by atoms with E-state index in [1.807, 2.05) is 25.1 Å². The molecule has 0 unspecified atom stereocenters. The van der Waals surface area contributed by atoms with Crippen LogP contribution in [-0.2, 0) is 0 Å². The number of para-hydroxylation sites is 1. The van der Waals surface area contributed by atoms with Gasteiger partial charge in [-0.15, -0.1) is 0 Å². The lowest BCUT2D eigenvalue weighted by Crippen LogP contribution is -2.36. The molecule has 0 spiro atoms. The Kier molecular flexibility index (Phi) is 4.70. The van der Waals surface area contributed by atoms with Crippen LogP contribution in [0.3, 0.4) is 0 Å². The van der Waals surface area contributed by atoms with Gasteiger partial charge in [0.25, 0.3) is 5.91 Å². The van der Waals surface area contributed by atoms with Crippen molar-refractivity contribution in [1.82, 2.24) is 5.32 Å². The SMILES string of the molecule is C=CCOc1ccc([C@@H]2NC(=O)c3ccccc3O2)cc1OCC. The highest BCUT2D eigenvalue weighted by molar-refractivity contribution is 5.98. The smallest absolute Gasteiger partial charge is 0.258 e. The van der Waals surface area contributed by atoms with E-state index in [9.17, 15) is 4.79 Å². The van der Waals surface area contributed by atoms with Gasteiger partial charge in [0.2, 0.25) is 0 Å². The first-order chi connectivity index (χ1) is 11.7. The maximum absolute atomic E-state index is 12.2. The molecule has 0 fully saturated rings. The van der Waals surface area contributed by atoms with Crippen LogP contribution in [0.15, 0.2) is 55.1 Å². The van der Waals surface area contributed by atoms with Crippen molar-refractivity contribution < 1.29 is 19.0 Å². The molecule has 0 saturated carbocycles. The van der Waals surface area contributed by atoms with Gasteiger partial charge in [-0.2, -0.15) is 0 Å². The molecule has 0 saturated heterocycles. The maximum atomic E-state index is 12.2. The molecule has 1 aliphatic heterocycles. The number of carbonyl (C=O) groups is 1. The molecule has 2 aromatic rings. The minimum atomic E-state index is -0.569. The number of benzene rings is 2. The van der Waals surface area contributed by atoms with Crippen molar-refractivity contribution in [3.63, 3.8) is 0 Å². The van der Waals surface area contributed by atoms with Gasteiger partial charge in [-0.1, -0.05) is 24.8 Å². The van der Waals surface area contributed by atoms with E-state index in [-0.39, 0.29) is 5.91 Å². The Balaban J connectivity index is 1.88. The van der Waals surface area contributed by atoms with Crippen molar-refractivity contribution in [2.45, 2.75) is 13.2 Å². The van der Waals surface area contributed by atoms with E-state index in [4.69, 9.17) is 14.2 Å². The first-order valence-corrected chi connectivity index (χ1v) is 7.80. The summed E-state index contributed by atoms with van der Waals surface area (Å²) in [6, 6.07) is 12.6. The lowest BCUT2D eigenvalue weighted by atomic mass is 10.1. The standard InChI is InChI=1S/C19H19NO4/c1-3-11-23-16-10-9-13(12-17(16)22-4-2)19-20-18(21)14-7-5-6-8-15(14)24-19/h3,5-10,12,19H,1,4,11H2,2H3,(H,20,21)/t19-/m1/s1. The Morgan fingerprint density at radius 3 is 2.83 bits per heavy atom. The summed E-state index contributed by atoms with van der Waals surface area (Å²) in [7, 11) is 0. The van der Waals surface area contributed by atoms with E-state index in [0.717, 1.165) is 5.56 Å². The number of ether oxygens (including phenoxy) is 3. The Hall–Kier alpha value is -2.95. The number of fused-ring (bicyclic) bond motifs is 1. The van der Waals surface area contributed by atoms with E-state index in [2.05, 4.69) is 11.9 Å². The third-order valence-corrected chi connectivity index (χ3v) is 3.57.